The minimum atomic E-state index is 0.0885. The number of morpholine rings is 1. The van der Waals surface area contributed by atoms with Gasteiger partial charge in [0.25, 0.3) is 0 Å². The van der Waals surface area contributed by atoms with Crippen LogP contribution in [0.15, 0.2) is 35.7 Å². The summed E-state index contributed by atoms with van der Waals surface area (Å²) in [6.07, 6.45) is 0. The molecule has 0 radical (unpaired) electrons. The molecular formula is C15H18N2O2S. The van der Waals surface area contributed by atoms with Gasteiger partial charge in [0.2, 0.25) is 0 Å². The van der Waals surface area contributed by atoms with Crippen LogP contribution in [0.25, 0.3) is 10.6 Å². The van der Waals surface area contributed by atoms with E-state index in [0.717, 1.165) is 36.0 Å². The Morgan fingerprint density at radius 1 is 1.35 bits per heavy atom. The molecule has 2 aromatic rings. The SMILES string of the molecule is OCC1COCCN1Cc1csc(-c2ccccc2)n1. The first-order chi connectivity index (χ1) is 9.86. The number of hydrogen-bond acceptors (Lipinski definition) is 5. The summed E-state index contributed by atoms with van der Waals surface area (Å²) in [4.78, 5) is 6.94. The summed E-state index contributed by atoms with van der Waals surface area (Å²) in [5, 5.41) is 12.5. The molecule has 4 nitrogen and oxygen atoms in total. The number of nitrogens with zero attached hydrogens (tertiary/aromatic N) is 2. The number of rotatable bonds is 4. The number of hydrogen-bond donors (Lipinski definition) is 1. The zero-order chi connectivity index (χ0) is 13.8. The maximum absolute atomic E-state index is 9.38. The second-order valence-corrected chi connectivity index (χ2v) is 5.75. The van der Waals surface area contributed by atoms with Crippen molar-refractivity contribution >= 4 is 11.3 Å². The summed E-state index contributed by atoms with van der Waals surface area (Å²) < 4.78 is 5.40. The number of aliphatic hydroxyl groups excluding tert-OH is 1. The van der Waals surface area contributed by atoms with Gasteiger partial charge in [0, 0.05) is 24.0 Å². The molecule has 0 aliphatic carbocycles. The summed E-state index contributed by atoms with van der Waals surface area (Å²) in [6.45, 7) is 3.09. The van der Waals surface area contributed by atoms with E-state index in [1.165, 1.54) is 0 Å². The van der Waals surface area contributed by atoms with Gasteiger partial charge >= 0.3 is 0 Å². The van der Waals surface area contributed by atoms with Gasteiger partial charge in [-0.25, -0.2) is 4.98 Å². The second-order valence-electron chi connectivity index (χ2n) is 4.89. The Morgan fingerprint density at radius 3 is 3.00 bits per heavy atom. The molecule has 0 spiro atoms. The normalized spacial score (nSPS) is 20.1. The first kappa shape index (κ1) is 13.7. The molecule has 1 atom stereocenters. The van der Waals surface area contributed by atoms with E-state index in [9.17, 15) is 5.11 Å². The predicted octanol–water partition coefficient (Wildman–Crippen LogP) is 2.00. The summed E-state index contributed by atoms with van der Waals surface area (Å²) in [5.74, 6) is 0. The molecular weight excluding hydrogens is 272 g/mol. The summed E-state index contributed by atoms with van der Waals surface area (Å²) in [7, 11) is 0. The van der Waals surface area contributed by atoms with Gasteiger partial charge in [-0.2, -0.15) is 0 Å². The van der Waals surface area contributed by atoms with Gasteiger partial charge < -0.3 is 9.84 Å². The zero-order valence-electron chi connectivity index (χ0n) is 11.2. The summed E-state index contributed by atoms with van der Waals surface area (Å²) in [5.41, 5.74) is 2.22. The first-order valence-corrected chi connectivity index (χ1v) is 7.67. The largest absolute Gasteiger partial charge is 0.395 e. The molecule has 20 heavy (non-hydrogen) atoms. The lowest BCUT2D eigenvalue weighted by Crippen LogP contribution is -2.46. The second kappa shape index (κ2) is 6.45. The summed E-state index contributed by atoms with van der Waals surface area (Å²) in [6, 6.07) is 10.3. The van der Waals surface area contributed by atoms with Gasteiger partial charge in [0.1, 0.15) is 5.01 Å². The smallest absolute Gasteiger partial charge is 0.123 e. The minimum absolute atomic E-state index is 0.0885. The Hall–Kier alpha value is -1.27. The number of thiazole rings is 1. The topological polar surface area (TPSA) is 45.6 Å². The maximum atomic E-state index is 9.38. The maximum Gasteiger partial charge on any atom is 0.123 e. The van der Waals surface area contributed by atoms with Crippen LogP contribution >= 0.6 is 11.3 Å². The third kappa shape index (κ3) is 3.07. The molecule has 2 heterocycles. The lowest BCUT2D eigenvalue weighted by Gasteiger charge is -2.33. The van der Waals surface area contributed by atoms with Crippen LogP contribution in [0.2, 0.25) is 0 Å². The molecule has 1 unspecified atom stereocenters. The highest BCUT2D eigenvalue weighted by atomic mass is 32.1. The highest BCUT2D eigenvalue weighted by Crippen LogP contribution is 2.24. The van der Waals surface area contributed by atoms with E-state index >= 15 is 0 Å². The molecule has 1 aromatic heterocycles. The Morgan fingerprint density at radius 2 is 2.20 bits per heavy atom. The lowest BCUT2D eigenvalue weighted by molar-refractivity contribution is -0.0316. The fourth-order valence-electron chi connectivity index (χ4n) is 2.37. The molecule has 3 rings (SSSR count). The van der Waals surface area contributed by atoms with Gasteiger partial charge in [-0.3, -0.25) is 4.90 Å². The number of ether oxygens (including phenoxy) is 1. The van der Waals surface area contributed by atoms with Crippen molar-refractivity contribution in [3.8, 4) is 10.6 Å². The molecule has 1 aliphatic heterocycles. The van der Waals surface area contributed by atoms with Crippen molar-refractivity contribution in [2.24, 2.45) is 0 Å². The average Bonchev–Trinajstić information content (AvgIpc) is 2.97. The van der Waals surface area contributed by atoms with Gasteiger partial charge in [-0.1, -0.05) is 30.3 Å². The minimum Gasteiger partial charge on any atom is -0.395 e. The van der Waals surface area contributed by atoms with Crippen LogP contribution in [0.4, 0.5) is 0 Å². The fourth-order valence-corrected chi connectivity index (χ4v) is 3.18. The Kier molecular flexibility index (Phi) is 4.42. The lowest BCUT2D eigenvalue weighted by atomic mass is 10.2. The molecule has 0 saturated carbocycles. The Balaban J connectivity index is 1.71. The van der Waals surface area contributed by atoms with E-state index in [-0.39, 0.29) is 12.6 Å². The van der Waals surface area contributed by atoms with Crippen molar-refractivity contribution in [3.63, 3.8) is 0 Å². The third-order valence-electron chi connectivity index (χ3n) is 3.50. The van der Waals surface area contributed by atoms with Crippen molar-refractivity contribution in [3.05, 3.63) is 41.4 Å². The quantitative estimate of drug-likeness (QED) is 0.935. The van der Waals surface area contributed by atoms with Crippen LogP contribution < -0.4 is 0 Å². The van der Waals surface area contributed by atoms with Crippen molar-refractivity contribution in [2.45, 2.75) is 12.6 Å². The van der Waals surface area contributed by atoms with Crippen molar-refractivity contribution in [1.82, 2.24) is 9.88 Å². The zero-order valence-corrected chi connectivity index (χ0v) is 12.1. The molecule has 1 aromatic carbocycles. The summed E-state index contributed by atoms with van der Waals surface area (Å²) >= 11 is 1.67. The fraction of sp³-hybridized carbons (Fsp3) is 0.400. The van der Waals surface area contributed by atoms with E-state index in [1.807, 2.05) is 18.2 Å². The molecule has 1 fully saturated rings. The van der Waals surface area contributed by atoms with Crippen LogP contribution in [0, 0.1) is 0 Å². The third-order valence-corrected chi connectivity index (χ3v) is 4.44. The number of benzene rings is 1. The molecule has 106 valence electrons. The monoisotopic (exact) mass is 290 g/mol. The highest BCUT2D eigenvalue weighted by molar-refractivity contribution is 7.13. The van der Waals surface area contributed by atoms with Crippen LogP contribution in [-0.4, -0.2) is 47.4 Å². The van der Waals surface area contributed by atoms with E-state index < -0.39 is 0 Å². The molecule has 1 N–H and O–H groups in total. The average molecular weight is 290 g/mol. The Labute approximate surface area is 122 Å². The Bertz CT molecular complexity index is 544. The van der Waals surface area contributed by atoms with Crippen LogP contribution in [-0.2, 0) is 11.3 Å². The van der Waals surface area contributed by atoms with Gasteiger partial charge in [0.05, 0.1) is 31.6 Å². The van der Waals surface area contributed by atoms with Crippen molar-refractivity contribution in [2.75, 3.05) is 26.4 Å². The molecule has 1 aliphatic rings. The number of aromatic nitrogens is 1. The van der Waals surface area contributed by atoms with E-state index in [1.54, 1.807) is 11.3 Å². The standard InChI is InChI=1S/C15H18N2O2S/c18-9-14-10-19-7-6-17(14)8-13-11-20-15(16-13)12-4-2-1-3-5-12/h1-5,11,14,18H,6-10H2. The van der Waals surface area contributed by atoms with Gasteiger partial charge in [0.15, 0.2) is 0 Å². The predicted molar refractivity (Wildman–Crippen MR) is 79.7 cm³/mol. The van der Waals surface area contributed by atoms with Gasteiger partial charge in [-0.15, -0.1) is 11.3 Å². The van der Waals surface area contributed by atoms with Crippen LogP contribution in [0.5, 0.6) is 0 Å². The van der Waals surface area contributed by atoms with Crippen LogP contribution in [0.3, 0.4) is 0 Å². The molecule has 5 heteroatoms. The first-order valence-electron chi connectivity index (χ1n) is 6.79. The molecule has 1 saturated heterocycles. The van der Waals surface area contributed by atoms with E-state index in [2.05, 4.69) is 22.4 Å². The molecule has 0 bridgehead atoms. The van der Waals surface area contributed by atoms with Crippen molar-refractivity contribution < 1.29 is 9.84 Å². The van der Waals surface area contributed by atoms with E-state index in [4.69, 9.17) is 9.72 Å². The van der Waals surface area contributed by atoms with Crippen molar-refractivity contribution in [1.29, 1.82) is 0 Å². The van der Waals surface area contributed by atoms with E-state index in [0.29, 0.717) is 6.61 Å². The van der Waals surface area contributed by atoms with Gasteiger partial charge in [-0.05, 0) is 0 Å². The van der Waals surface area contributed by atoms with Crippen LogP contribution in [0.1, 0.15) is 5.69 Å². The molecule has 0 amide bonds. The number of aliphatic hydroxyl groups is 1. The highest BCUT2D eigenvalue weighted by Gasteiger charge is 2.23.